The number of hydrogen-bond acceptors (Lipinski definition) is 2. The number of hydrogen-bond donors (Lipinski definition) is 1. The molecule has 0 heterocycles. The lowest BCUT2D eigenvalue weighted by atomic mass is 10.3. The molecule has 0 amide bonds. The van der Waals surface area contributed by atoms with Gasteiger partial charge in [-0.1, -0.05) is 6.92 Å². The van der Waals surface area contributed by atoms with Gasteiger partial charge in [0.15, 0.2) is 0 Å². The topological polar surface area (TPSA) is 23.5 Å². The summed E-state index contributed by atoms with van der Waals surface area (Å²) in [5, 5.41) is 9.41. The Morgan fingerprint density at radius 1 is 1.54 bits per heavy atom. The van der Waals surface area contributed by atoms with Crippen LogP contribution in [0.3, 0.4) is 0 Å². The van der Waals surface area contributed by atoms with E-state index in [-0.39, 0.29) is 6.10 Å². The first-order chi connectivity index (χ1) is 6.26. The minimum atomic E-state index is -0.355. The number of halogens is 1. The fraction of sp³-hybridized carbons (Fsp3) is 1.00. The van der Waals surface area contributed by atoms with Crippen LogP contribution in [0.5, 0.6) is 0 Å². The number of aliphatic hydroxyl groups excluding tert-OH is 1. The van der Waals surface area contributed by atoms with Crippen LogP contribution >= 0.6 is 11.6 Å². The normalized spacial score (nSPS) is 19.4. The summed E-state index contributed by atoms with van der Waals surface area (Å²) in [4.78, 5) is 2.34. The molecule has 78 valence electrons. The Kier molecular flexibility index (Phi) is 5.07. The summed E-state index contributed by atoms with van der Waals surface area (Å²) in [6, 6.07) is 0. The van der Waals surface area contributed by atoms with Crippen molar-refractivity contribution in [3.05, 3.63) is 0 Å². The van der Waals surface area contributed by atoms with Gasteiger partial charge in [0.1, 0.15) is 0 Å². The lowest BCUT2D eigenvalue weighted by molar-refractivity contribution is 0.126. The molecule has 0 aromatic carbocycles. The van der Waals surface area contributed by atoms with Crippen molar-refractivity contribution >= 4 is 11.6 Å². The summed E-state index contributed by atoms with van der Waals surface area (Å²) in [6.07, 6.45) is 3.54. The highest BCUT2D eigenvalue weighted by Gasteiger charge is 2.24. The maximum absolute atomic E-state index is 9.41. The zero-order valence-electron chi connectivity index (χ0n) is 8.38. The van der Waals surface area contributed by atoms with Gasteiger partial charge in [-0.25, -0.2) is 0 Å². The van der Waals surface area contributed by atoms with Crippen LogP contribution in [0.4, 0.5) is 0 Å². The largest absolute Gasteiger partial charge is 0.391 e. The van der Waals surface area contributed by atoms with Gasteiger partial charge in [0.2, 0.25) is 0 Å². The van der Waals surface area contributed by atoms with Gasteiger partial charge < -0.3 is 10.0 Å². The standard InChI is InChI=1S/C10H20ClNO/c1-2-5-12(7-9-3-4-9)8-10(13)6-11/h9-10,13H,2-8H2,1H3. The Bertz CT molecular complexity index is 139. The van der Waals surface area contributed by atoms with Gasteiger partial charge in [-0.15, -0.1) is 11.6 Å². The zero-order chi connectivity index (χ0) is 9.68. The average Bonchev–Trinajstić information content (AvgIpc) is 2.88. The Morgan fingerprint density at radius 3 is 2.69 bits per heavy atom. The van der Waals surface area contributed by atoms with Gasteiger partial charge in [-0.05, 0) is 31.7 Å². The third-order valence-corrected chi connectivity index (χ3v) is 2.76. The van der Waals surface area contributed by atoms with Crippen molar-refractivity contribution in [3.8, 4) is 0 Å². The average molecular weight is 206 g/mol. The summed E-state index contributed by atoms with van der Waals surface area (Å²) in [7, 11) is 0. The monoisotopic (exact) mass is 205 g/mol. The molecule has 0 aliphatic heterocycles. The highest BCUT2D eigenvalue weighted by Crippen LogP contribution is 2.29. The van der Waals surface area contributed by atoms with E-state index in [1.54, 1.807) is 0 Å². The van der Waals surface area contributed by atoms with Gasteiger partial charge in [-0.2, -0.15) is 0 Å². The third-order valence-electron chi connectivity index (χ3n) is 2.40. The van der Waals surface area contributed by atoms with Gasteiger partial charge in [-0.3, -0.25) is 0 Å². The fourth-order valence-electron chi connectivity index (χ4n) is 1.59. The quantitative estimate of drug-likeness (QED) is 0.640. The van der Waals surface area contributed by atoms with E-state index in [0.29, 0.717) is 5.88 Å². The summed E-state index contributed by atoms with van der Waals surface area (Å²) in [5.41, 5.74) is 0. The number of nitrogens with zero attached hydrogens (tertiary/aromatic N) is 1. The van der Waals surface area contributed by atoms with Crippen molar-refractivity contribution in [3.63, 3.8) is 0 Å². The highest BCUT2D eigenvalue weighted by atomic mass is 35.5. The lowest BCUT2D eigenvalue weighted by Gasteiger charge is -2.23. The number of aliphatic hydroxyl groups is 1. The van der Waals surface area contributed by atoms with Crippen LogP contribution in [0.2, 0.25) is 0 Å². The van der Waals surface area contributed by atoms with Crippen LogP contribution in [0, 0.1) is 5.92 Å². The molecular weight excluding hydrogens is 186 g/mol. The van der Waals surface area contributed by atoms with Crippen molar-refractivity contribution in [1.29, 1.82) is 0 Å². The maximum atomic E-state index is 9.41. The van der Waals surface area contributed by atoms with Gasteiger partial charge in [0, 0.05) is 19.0 Å². The smallest absolute Gasteiger partial charge is 0.0802 e. The fourth-order valence-corrected chi connectivity index (χ4v) is 1.68. The van der Waals surface area contributed by atoms with E-state index in [1.807, 2.05) is 0 Å². The minimum absolute atomic E-state index is 0.352. The molecule has 1 saturated carbocycles. The van der Waals surface area contributed by atoms with E-state index in [9.17, 15) is 5.11 Å². The molecule has 3 heteroatoms. The first-order valence-corrected chi connectivity index (χ1v) is 5.76. The number of alkyl halides is 1. The molecule has 1 aliphatic carbocycles. The molecule has 0 aromatic rings. The summed E-state index contributed by atoms with van der Waals surface area (Å²) in [6.45, 7) is 5.16. The van der Waals surface area contributed by atoms with E-state index < -0.39 is 0 Å². The molecule has 1 atom stereocenters. The first kappa shape index (κ1) is 11.3. The second-order valence-corrected chi connectivity index (χ2v) is 4.32. The molecule has 0 radical (unpaired) electrons. The molecule has 2 nitrogen and oxygen atoms in total. The summed E-state index contributed by atoms with van der Waals surface area (Å²) < 4.78 is 0. The third kappa shape index (κ3) is 4.84. The van der Waals surface area contributed by atoms with Crippen LogP contribution in [-0.2, 0) is 0 Å². The molecule has 1 rings (SSSR count). The molecule has 13 heavy (non-hydrogen) atoms. The van der Waals surface area contributed by atoms with E-state index in [2.05, 4.69) is 11.8 Å². The SMILES string of the molecule is CCCN(CC(O)CCl)CC1CC1. The lowest BCUT2D eigenvalue weighted by Crippen LogP contribution is -2.35. The van der Waals surface area contributed by atoms with E-state index in [1.165, 1.54) is 12.8 Å². The Hall–Kier alpha value is 0.210. The molecule has 0 bridgehead atoms. The molecule has 1 fully saturated rings. The van der Waals surface area contributed by atoms with Crippen LogP contribution in [-0.4, -0.2) is 41.6 Å². The van der Waals surface area contributed by atoms with E-state index >= 15 is 0 Å². The molecule has 1 N–H and O–H groups in total. The second kappa shape index (κ2) is 5.84. The Morgan fingerprint density at radius 2 is 2.23 bits per heavy atom. The molecule has 0 spiro atoms. The molecule has 0 saturated heterocycles. The molecular formula is C10H20ClNO. The Balaban J connectivity index is 2.18. The minimum Gasteiger partial charge on any atom is -0.391 e. The Labute approximate surface area is 85.9 Å². The molecule has 1 unspecified atom stereocenters. The van der Waals surface area contributed by atoms with Crippen molar-refractivity contribution in [2.45, 2.75) is 32.3 Å². The predicted molar refractivity (Wildman–Crippen MR) is 56.2 cm³/mol. The number of rotatable bonds is 7. The van der Waals surface area contributed by atoms with Crippen LogP contribution in [0.25, 0.3) is 0 Å². The van der Waals surface area contributed by atoms with E-state index in [0.717, 1.165) is 32.0 Å². The van der Waals surface area contributed by atoms with E-state index in [4.69, 9.17) is 11.6 Å². The van der Waals surface area contributed by atoms with Gasteiger partial charge >= 0.3 is 0 Å². The van der Waals surface area contributed by atoms with Crippen molar-refractivity contribution < 1.29 is 5.11 Å². The maximum Gasteiger partial charge on any atom is 0.0802 e. The van der Waals surface area contributed by atoms with Crippen molar-refractivity contribution in [2.75, 3.05) is 25.5 Å². The van der Waals surface area contributed by atoms with Crippen LogP contribution in [0.15, 0.2) is 0 Å². The predicted octanol–water partition coefficient (Wildman–Crippen LogP) is 1.71. The van der Waals surface area contributed by atoms with Crippen molar-refractivity contribution in [2.24, 2.45) is 5.92 Å². The second-order valence-electron chi connectivity index (χ2n) is 4.01. The van der Waals surface area contributed by atoms with Crippen molar-refractivity contribution in [1.82, 2.24) is 4.90 Å². The zero-order valence-corrected chi connectivity index (χ0v) is 9.13. The van der Waals surface area contributed by atoms with Crippen LogP contribution in [0.1, 0.15) is 26.2 Å². The summed E-state index contributed by atoms with van der Waals surface area (Å²) in [5.74, 6) is 1.25. The molecule has 0 aromatic heterocycles. The molecule has 1 aliphatic rings. The first-order valence-electron chi connectivity index (χ1n) is 5.22. The summed E-state index contributed by atoms with van der Waals surface area (Å²) >= 11 is 5.57. The van der Waals surface area contributed by atoms with Gasteiger partial charge in [0.05, 0.1) is 6.10 Å². The van der Waals surface area contributed by atoms with Gasteiger partial charge in [0.25, 0.3) is 0 Å². The van der Waals surface area contributed by atoms with Crippen LogP contribution < -0.4 is 0 Å². The highest BCUT2D eigenvalue weighted by molar-refractivity contribution is 6.18.